The van der Waals surface area contributed by atoms with Crippen LogP contribution in [0.15, 0.2) is 10.8 Å². The van der Waals surface area contributed by atoms with Crippen molar-refractivity contribution in [2.24, 2.45) is 0 Å². The molecule has 0 aliphatic rings. The maximum Gasteiger partial charge on any atom is 0.0219 e. The second-order valence-corrected chi connectivity index (χ2v) is 5.84. The Balaban J connectivity index is 2.73. The Morgan fingerprint density at radius 2 is 1.93 bits per heavy atom. The van der Waals surface area contributed by atoms with Crippen LogP contribution in [0.3, 0.4) is 0 Å². The molecule has 1 nitrogen and oxygen atoms in total. The Hall–Kier alpha value is -0.340. The van der Waals surface area contributed by atoms with Gasteiger partial charge in [-0.3, -0.25) is 0 Å². The Kier molecular flexibility index (Phi) is 3.73. The minimum atomic E-state index is 0.272. The Bertz CT molecular complexity index is 281. The van der Waals surface area contributed by atoms with E-state index in [0.717, 1.165) is 6.54 Å². The van der Waals surface area contributed by atoms with Gasteiger partial charge in [0.15, 0.2) is 0 Å². The molecule has 0 saturated carbocycles. The second kappa shape index (κ2) is 4.45. The third kappa shape index (κ3) is 3.10. The molecule has 0 fully saturated rings. The van der Waals surface area contributed by atoms with Gasteiger partial charge in [0.25, 0.3) is 0 Å². The first-order valence-electron chi connectivity index (χ1n) is 5.20. The predicted molar refractivity (Wildman–Crippen MR) is 65.0 cm³/mol. The molecule has 0 radical (unpaired) electrons. The van der Waals surface area contributed by atoms with Gasteiger partial charge in [-0.25, -0.2) is 0 Å². The van der Waals surface area contributed by atoms with Crippen LogP contribution in [0.5, 0.6) is 0 Å². The van der Waals surface area contributed by atoms with Gasteiger partial charge in [-0.1, -0.05) is 34.6 Å². The lowest BCUT2D eigenvalue weighted by molar-refractivity contribution is 0.556. The molecule has 80 valence electrons. The largest absolute Gasteiger partial charge is 0.310 e. The Morgan fingerprint density at radius 1 is 1.29 bits per heavy atom. The van der Waals surface area contributed by atoms with Crippen molar-refractivity contribution in [2.75, 3.05) is 0 Å². The fourth-order valence-electron chi connectivity index (χ4n) is 1.43. The van der Waals surface area contributed by atoms with Crippen molar-refractivity contribution in [1.82, 2.24) is 5.32 Å². The molecule has 0 aromatic carbocycles. The molecule has 0 aliphatic carbocycles. The van der Waals surface area contributed by atoms with Crippen molar-refractivity contribution in [3.05, 3.63) is 21.9 Å². The number of thiophene rings is 1. The van der Waals surface area contributed by atoms with Gasteiger partial charge in [0.2, 0.25) is 0 Å². The van der Waals surface area contributed by atoms with Crippen LogP contribution < -0.4 is 5.32 Å². The summed E-state index contributed by atoms with van der Waals surface area (Å²) in [5.74, 6) is 0. The van der Waals surface area contributed by atoms with Crippen LogP contribution in [0.4, 0.5) is 0 Å². The second-order valence-electron chi connectivity index (χ2n) is 5.10. The molecule has 0 bridgehead atoms. The summed E-state index contributed by atoms with van der Waals surface area (Å²) in [5.41, 5.74) is 3.21. The first-order chi connectivity index (χ1) is 6.41. The van der Waals surface area contributed by atoms with E-state index < -0.39 is 0 Å². The minimum Gasteiger partial charge on any atom is -0.310 e. The fourth-order valence-corrected chi connectivity index (χ4v) is 2.52. The fraction of sp³-hybridized carbons (Fsp3) is 0.667. The summed E-state index contributed by atoms with van der Waals surface area (Å²) in [5, 5.41) is 8.00. The molecule has 0 saturated heterocycles. The van der Waals surface area contributed by atoms with Gasteiger partial charge in [-0.2, -0.15) is 11.3 Å². The molecule has 1 aromatic rings. The first-order valence-corrected chi connectivity index (χ1v) is 6.14. The van der Waals surface area contributed by atoms with E-state index in [1.165, 1.54) is 11.1 Å². The summed E-state index contributed by atoms with van der Waals surface area (Å²) >= 11 is 1.80. The highest BCUT2D eigenvalue weighted by atomic mass is 32.1. The van der Waals surface area contributed by atoms with Crippen LogP contribution in [-0.4, -0.2) is 6.04 Å². The van der Waals surface area contributed by atoms with E-state index in [0.29, 0.717) is 6.04 Å². The van der Waals surface area contributed by atoms with Crippen molar-refractivity contribution >= 4 is 11.3 Å². The predicted octanol–water partition coefficient (Wildman–Crippen LogP) is 3.54. The average molecular weight is 211 g/mol. The van der Waals surface area contributed by atoms with Crippen molar-refractivity contribution in [1.29, 1.82) is 0 Å². The molecular weight excluding hydrogens is 190 g/mol. The van der Waals surface area contributed by atoms with Crippen LogP contribution >= 0.6 is 11.3 Å². The van der Waals surface area contributed by atoms with Crippen molar-refractivity contribution in [2.45, 2.75) is 52.6 Å². The van der Waals surface area contributed by atoms with Crippen LogP contribution in [0.2, 0.25) is 0 Å². The normalized spacial score (nSPS) is 12.4. The maximum absolute atomic E-state index is 3.47. The highest BCUT2D eigenvalue weighted by Crippen LogP contribution is 2.28. The molecule has 0 amide bonds. The molecule has 1 rings (SSSR count). The first kappa shape index (κ1) is 11.7. The molecule has 0 atom stereocenters. The molecule has 0 aliphatic heterocycles. The molecule has 2 heteroatoms. The van der Waals surface area contributed by atoms with E-state index in [9.17, 15) is 0 Å². The van der Waals surface area contributed by atoms with E-state index in [4.69, 9.17) is 0 Å². The van der Waals surface area contributed by atoms with Gasteiger partial charge in [-0.15, -0.1) is 0 Å². The third-order valence-corrected chi connectivity index (χ3v) is 3.04. The average Bonchev–Trinajstić information content (AvgIpc) is 2.46. The summed E-state index contributed by atoms with van der Waals surface area (Å²) in [6, 6.07) is 0.558. The van der Waals surface area contributed by atoms with E-state index in [1.54, 1.807) is 11.3 Å². The van der Waals surface area contributed by atoms with Crippen molar-refractivity contribution < 1.29 is 0 Å². The summed E-state index contributed by atoms with van der Waals surface area (Å²) in [6.45, 7) is 12.2. The number of hydrogen-bond acceptors (Lipinski definition) is 2. The highest BCUT2D eigenvalue weighted by Gasteiger charge is 2.18. The lowest BCUT2D eigenvalue weighted by atomic mass is 9.86. The van der Waals surface area contributed by atoms with Gasteiger partial charge in [-0.05, 0) is 27.3 Å². The summed E-state index contributed by atoms with van der Waals surface area (Å²) in [7, 11) is 0. The van der Waals surface area contributed by atoms with E-state index in [2.05, 4.69) is 50.7 Å². The zero-order valence-electron chi connectivity index (χ0n) is 9.85. The van der Waals surface area contributed by atoms with Crippen LogP contribution in [0, 0.1) is 0 Å². The van der Waals surface area contributed by atoms with Crippen LogP contribution in [0.25, 0.3) is 0 Å². The molecule has 0 spiro atoms. The maximum atomic E-state index is 3.47. The van der Waals surface area contributed by atoms with Gasteiger partial charge in [0.1, 0.15) is 0 Å². The molecule has 1 heterocycles. The van der Waals surface area contributed by atoms with E-state index in [1.807, 2.05) is 0 Å². The van der Waals surface area contributed by atoms with Gasteiger partial charge in [0, 0.05) is 12.6 Å². The van der Waals surface area contributed by atoms with Gasteiger partial charge < -0.3 is 5.32 Å². The molecule has 1 aromatic heterocycles. The molecular formula is C12H21NS. The summed E-state index contributed by atoms with van der Waals surface area (Å²) in [4.78, 5) is 0. The van der Waals surface area contributed by atoms with Crippen molar-refractivity contribution in [3.63, 3.8) is 0 Å². The lowest BCUT2D eigenvalue weighted by Gasteiger charge is -2.20. The zero-order chi connectivity index (χ0) is 10.8. The summed E-state index contributed by atoms with van der Waals surface area (Å²) < 4.78 is 0. The van der Waals surface area contributed by atoms with Crippen LogP contribution in [0.1, 0.15) is 45.7 Å². The minimum absolute atomic E-state index is 0.272. The topological polar surface area (TPSA) is 12.0 Å². The lowest BCUT2D eigenvalue weighted by Crippen LogP contribution is -2.23. The van der Waals surface area contributed by atoms with Gasteiger partial charge in [0.05, 0.1) is 0 Å². The summed E-state index contributed by atoms with van der Waals surface area (Å²) in [6.07, 6.45) is 0. The van der Waals surface area contributed by atoms with Crippen molar-refractivity contribution in [3.8, 4) is 0 Å². The Labute approximate surface area is 91.5 Å². The SMILES string of the molecule is CC(C)NCc1cscc1C(C)(C)C. The number of rotatable bonds is 3. The standard InChI is InChI=1S/C12H21NS/c1-9(2)13-6-10-7-14-8-11(10)12(3,4)5/h7-9,13H,6H2,1-5H3. The van der Waals surface area contributed by atoms with E-state index >= 15 is 0 Å². The monoisotopic (exact) mass is 211 g/mol. The molecule has 1 N–H and O–H groups in total. The zero-order valence-corrected chi connectivity index (χ0v) is 10.7. The number of hydrogen-bond donors (Lipinski definition) is 1. The van der Waals surface area contributed by atoms with Gasteiger partial charge >= 0.3 is 0 Å². The Morgan fingerprint density at radius 3 is 2.43 bits per heavy atom. The number of nitrogens with one attached hydrogen (secondary N) is 1. The highest BCUT2D eigenvalue weighted by molar-refractivity contribution is 7.08. The third-order valence-electron chi connectivity index (χ3n) is 2.25. The molecule has 0 unspecified atom stereocenters. The van der Waals surface area contributed by atoms with Crippen LogP contribution in [-0.2, 0) is 12.0 Å². The quantitative estimate of drug-likeness (QED) is 0.806. The van der Waals surface area contributed by atoms with E-state index in [-0.39, 0.29) is 5.41 Å². The smallest absolute Gasteiger partial charge is 0.0219 e. The molecule has 14 heavy (non-hydrogen) atoms.